The molecule has 0 aliphatic carbocycles. The minimum absolute atomic E-state index is 0.229. The Morgan fingerprint density at radius 2 is 2.25 bits per heavy atom. The van der Waals surface area contributed by atoms with E-state index in [4.69, 9.17) is 0 Å². The van der Waals surface area contributed by atoms with E-state index in [2.05, 4.69) is 31.4 Å². The SMILES string of the molecule is CCC(NC(=O)CCC1CCNC1)C(C)C. The molecule has 0 saturated carbocycles. The summed E-state index contributed by atoms with van der Waals surface area (Å²) in [7, 11) is 0. The van der Waals surface area contributed by atoms with Gasteiger partial charge in [-0.2, -0.15) is 0 Å². The van der Waals surface area contributed by atoms with E-state index in [0.717, 1.165) is 25.9 Å². The molecule has 16 heavy (non-hydrogen) atoms. The molecule has 1 saturated heterocycles. The van der Waals surface area contributed by atoms with Crippen molar-refractivity contribution < 1.29 is 4.79 Å². The molecule has 1 rings (SSSR count). The van der Waals surface area contributed by atoms with Crippen LogP contribution in [0.4, 0.5) is 0 Å². The van der Waals surface area contributed by atoms with Gasteiger partial charge in [0.05, 0.1) is 0 Å². The molecule has 3 heteroatoms. The van der Waals surface area contributed by atoms with E-state index >= 15 is 0 Å². The van der Waals surface area contributed by atoms with Crippen molar-refractivity contribution in [3.63, 3.8) is 0 Å². The number of rotatable bonds is 6. The third kappa shape index (κ3) is 4.52. The average Bonchev–Trinajstić information content (AvgIpc) is 2.75. The number of amides is 1. The highest BCUT2D eigenvalue weighted by molar-refractivity contribution is 5.76. The Labute approximate surface area is 99.4 Å². The maximum Gasteiger partial charge on any atom is 0.220 e. The Kier molecular flexibility index (Phi) is 5.81. The summed E-state index contributed by atoms with van der Waals surface area (Å²) in [4.78, 5) is 11.7. The second-order valence-corrected chi connectivity index (χ2v) is 5.22. The van der Waals surface area contributed by atoms with Crippen LogP contribution in [-0.2, 0) is 4.79 Å². The zero-order valence-corrected chi connectivity index (χ0v) is 10.9. The van der Waals surface area contributed by atoms with Gasteiger partial charge in [-0.3, -0.25) is 4.79 Å². The average molecular weight is 226 g/mol. The predicted molar refractivity (Wildman–Crippen MR) is 67.3 cm³/mol. The first kappa shape index (κ1) is 13.5. The molecule has 1 aliphatic rings. The van der Waals surface area contributed by atoms with E-state index in [-0.39, 0.29) is 5.91 Å². The quantitative estimate of drug-likeness (QED) is 0.726. The molecule has 1 amide bonds. The van der Waals surface area contributed by atoms with Gasteiger partial charge in [-0.05, 0) is 44.2 Å². The van der Waals surface area contributed by atoms with Gasteiger partial charge in [-0.25, -0.2) is 0 Å². The molecule has 94 valence electrons. The topological polar surface area (TPSA) is 41.1 Å². The van der Waals surface area contributed by atoms with Crippen molar-refractivity contribution in [3.05, 3.63) is 0 Å². The van der Waals surface area contributed by atoms with E-state index < -0.39 is 0 Å². The number of nitrogens with one attached hydrogen (secondary N) is 2. The predicted octanol–water partition coefficient (Wildman–Crippen LogP) is 1.93. The molecule has 0 aromatic rings. The van der Waals surface area contributed by atoms with Crippen molar-refractivity contribution >= 4 is 5.91 Å². The number of hydrogen-bond acceptors (Lipinski definition) is 2. The Morgan fingerprint density at radius 3 is 2.75 bits per heavy atom. The van der Waals surface area contributed by atoms with Gasteiger partial charge in [-0.1, -0.05) is 20.8 Å². The van der Waals surface area contributed by atoms with Crippen LogP contribution < -0.4 is 10.6 Å². The van der Waals surface area contributed by atoms with Crippen molar-refractivity contribution in [2.45, 2.75) is 52.5 Å². The third-order valence-electron chi connectivity index (χ3n) is 3.53. The number of carbonyl (C=O) groups excluding carboxylic acids is 1. The molecule has 0 bridgehead atoms. The van der Waals surface area contributed by atoms with Crippen molar-refractivity contribution in [2.24, 2.45) is 11.8 Å². The van der Waals surface area contributed by atoms with E-state index in [1.807, 2.05) is 0 Å². The third-order valence-corrected chi connectivity index (χ3v) is 3.53. The van der Waals surface area contributed by atoms with Crippen LogP contribution in [0.15, 0.2) is 0 Å². The summed E-state index contributed by atoms with van der Waals surface area (Å²) in [5, 5.41) is 6.47. The zero-order valence-electron chi connectivity index (χ0n) is 10.9. The van der Waals surface area contributed by atoms with Gasteiger partial charge in [0.25, 0.3) is 0 Å². The molecule has 1 heterocycles. The minimum atomic E-state index is 0.229. The van der Waals surface area contributed by atoms with E-state index in [9.17, 15) is 4.79 Å². The van der Waals surface area contributed by atoms with Gasteiger partial charge in [0.15, 0.2) is 0 Å². The monoisotopic (exact) mass is 226 g/mol. The van der Waals surface area contributed by atoms with Crippen LogP contribution in [0.5, 0.6) is 0 Å². The van der Waals surface area contributed by atoms with Crippen LogP contribution in [0.25, 0.3) is 0 Å². The smallest absolute Gasteiger partial charge is 0.220 e. The molecule has 0 aromatic heterocycles. The van der Waals surface area contributed by atoms with Gasteiger partial charge in [0, 0.05) is 12.5 Å². The molecule has 2 atom stereocenters. The second kappa shape index (κ2) is 6.89. The van der Waals surface area contributed by atoms with Gasteiger partial charge in [0.1, 0.15) is 0 Å². The molecule has 2 N–H and O–H groups in total. The summed E-state index contributed by atoms with van der Waals surface area (Å²) in [6.07, 6.45) is 3.98. The van der Waals surface area contributed by atoms with Gasteiger partial charge < -0.3 is 10.6 Å². The van der Waals surface area contributed by atoms with Crippen molar-refractivity contribution in [1.82, 2.24) is 10.6 Å². The maximum atomic E-state index is 11.7. The van der Waals surface area contributed by atoms with Crippen LogP contribution in [0.1, 0.15) is 46.5 Å². The first-order valence-electron chi connectivity index (χ1n) is 6.63. The molecule has 0 radical (unpaired) electrons. The maximum absolute atomic E-state index is 11.7. The second-order valence-electron chi connectivity index (χ2n) is 5.22. The lowest BCUT2D eigenvalue weighted by Gasteiger charge is -2.21. The lowest BCUT2D eigenvalue weighted by atomic mass is 10.00. The minimum Gasteiger partial charge on any atom is -0.353 e. The van der Waals surface area contributed by atoms with E-state index in [0.29, 0.717) is 24.3 Å². The summed E-state index contributed by atoms with van der Waals surface area (Å²) in [6, 6.07) is 0.342. The van der Waals surface area contributed by atoms with Crippen LogP contribution in [0, 0.1) is 11.8 Å². The Bertz CT molecular complexity index is 210. The molecule has 3 nitrogen and oxygen atoms in total. The molecule has 0 spiro atoms. The summed E-state index contributed by atoms with van der Waals surface area (Å²) >= 11 is 0. The first-order valence-corrected chi connectivity index (χ1v) is 6.63. The van der Waals surface area contributed by atoms with E-state index in [1.54, 1.807) is 0 Å². The fourth-order valence-electron chi connectivity index (χ4n) is 2.32. The van der Waals surface area contributed by atoms with Crippen LogP contribution in [0.3, 0.4) is 0 Å². The highest BCUT2D eigenvalue weighted by Crippen LogP contribution is 2.14. The molecule has 0 aromatic carbocycles. The zero-order chi connectivity index (χ0) is 12.0. The van der Waals surface area contributed by atoms with Crippen molar-refractivity contribution in [2.75, 3.05) is 13.1 Å². The highest BCUT2D eigenvalue weighted by atomic mass is 16.1. The summed E-state index contributed by atoms with van der Waals surface area (Å²) < 4.78 is 0. The van der Waals surface area contributed by atoms with Crippen LogP contribution in [0.2, 0.25) is 0 Å². The first-order chi connectivity index (χ1) is 7.63. The molecular formula is C13H26N2O. The number of carbonyl (C=O) groups is 1. The largest absolute Gasteiger partial charge is 0.353 e. The molecule has 1 aliphatic heterocycles. The van der Waals surface area contributed by atoms with Gasteiger partial charge in [0.2, 0.25) is 5.91 Å². The molecular weight excluding hydrogens is 200 g/mol. The van der Waals surface area contributed by atoms with Crippen LogP contribution in [-0.4, -0.2) is 25.0 Å². The fourth-order valence-corrected chi connectivity index (χ4v) is 2.32. The van der Waals surface area contributed by atoms with Crippen LogP contribution >= 0.6 is 0 Å². The molecule has 1 fully saturated rings. The normalized spacial score (nSPS) is 22.4. The lowest BCUT2D eigenvalue weighted by Crippen LogP contribution is -2.38. The van der Waals surface area contributed by atoms with E-state index in [1.165, 1.54) is 6.42 Å². The number of hydrogen-bond donors (Lipinski definition) is 2. The Morgan fingerprint density at radius 1 is 1.50 bits per heavy atom. The Balaban J connectivity index is 2.18. The highest BCUT2D eigenvalue weighted by Gasteiger charge is 2.17. The van der Waals surface area contributed by atoms with Crippen molar-refractivity contribution in [3.8, 4) is 0 Å². The lowest BCUT2D eigenvalue weighted by molar-refractivity contribution is -0.122. The Hall–Kier alpha value is -0.570. The summed E-state index contributed by atoms with van der Waals surface area (Å²) in [5.41, 5.74) is 0. The fraction of sp³-hybridized carbons (Fsp3) is 0.923. The molecule has 2 unspecified atom stereocenters. The van der Waals surface area contributed by atoms with Gasteiger partial charge in [-0.15, -0.1) is 0 Å². The summed E-state index contributed by atoms with van der Waals surface area (Å²) in [5.74, 6) is 1.47. The van der Waals surface area contributed by atoms with Gasteiger partial charge >= 0.3 is 0 Å². The standard InChI is InChI=1S/C13H26N2O/c1-4-12(10(2)3)15-13(16)6-5-11-7-8-14-9-11/h10-12,14H,4-9H2,1-3H3,(H,15,16). The summed E-state index contributed by atoms with van der Waals surface area (Å²) in [6.45, 7) is 8.67. The van der Waals surface area contributed by atoms with Crippen molar-refractivity contribution in [1.29, 1.82) is 0 Å².